The highest BCUT2D eigenvalue weighted by atomic mass is 35.5. The lowest BCUT2D eigenvalue weighted by Gasteiger charge is -2.49. The van der Waals surface area contributed by atoms with Gasteiger partial charge in [-0.25, -0.2) is 4.79 Å². The largest absolute Gasteiger partial charge is 0.466 e. The maximum atomic E-state index is 13.7. The number of nitrogens with one attached hydrogen (secondary N) is 1. The standard InChI is InChI=1S/C15H16ClF3N2O4/c1-3-25-12(22)10-11(8-6-4-5-7-9(8)16)20-13(23)21(2)14(10,24)15(17,18)19/h4-7,10-11,24H,3H2,1-2H3,(H,20,23)/t10-,11-,14-/m1/s1. The molecule has 1 fully saturated rings. The SMILES string of the molecule is CCOC(=O)[C@H]1[C@@H](c2ccccc2Cl)NC(=O)N(C)[C@]1(O)C(F)(F)F. The summed E-state index contributed by atoms with van der Waals surface area (Å²) in [5.74, 6) is -3.48. The van der Waals surface area contributed by atoms with Crippen molar-refractivity contribution in [3.05, 3.63) is 34.9 Å². The number of esters is 1. The Morgan fingerprint density at radius 1 is 1.44 bits per heavy atom. The fraction of sp³-hybridized carbons (Fsp3) is 0.467. The van der Waals surface area contributed by atoms with Crippen LogP contribution in [0.1, 0.15) is 18.5 Å². The fourth-order valence-corrected chi connectivity index (χ4v) is 3.05. The van der Waals surface area contributed by atoms with Crippen LogP contribution in [0.15, 0.2) is 24.3 Å². The molecule has 3 atom stereocenters. The van der Waals surface area contributed by atoms with Gasteiger partial charge in [-0.05, 0) is 18.6 Å². The smallest absolute Gasteiger partial charge is 0.437 e. The van der Waals surface area contributed by atoms with Gasteiger partial charge in [0, 0.05) is 12.1 Å². The van der Waals surface area contributed by atoms with Gasteiger partial charge in [0.1, 0.15) is 5.92 Å². The van der Waals surface area contributed by atoms with E-state index in [1.165, 1.54) is 31.2 Å². The number of ether oxygens (including phenoxy) is 1. The molecule has 1 aliphatic heterocycles. The second kappa shape index (κ2) is 6.72. The number of urea groups is 1. The normalized spacial score (nSPS) is 27.0. The molecular weight excluding hydrogens is 365 g/mol. The minimum atomic E-state index is -5.31. The summed E-state index contributed by atoms with van der Waals surface area (Å²) in [4.78, 5) is 24.4. The number of hydrogen-bond acceptors (Lipinski definition) is 4. The molecule has 0 aromatic heterocycles. The van der Waals surface area contributed by atoms with Crippen molar-refractivity contribution in [1.29, 1.82) is 0 Å². The molecule has 2 N–H and O–H groups in total. The quantitative estimate of drug-likeness (QED) is 0.790. The number of nitrogens with zero attached hydrogens (tertiary/aromatic N) is 1. The average Bonchev–Trinajstić information content (AvgIpc) is 2.51. The maximum absolute atomic E-state index is 13.7. The molecule has 0 spiro atoms. The van der Waals surface area contributed by atoms with Crippen molar-refractivity contribution in [3.8, 4) is 0 Å². The lowest BCUT2D eigenvalue weighted by molar-refractivity contribution is -0.328. The summed E-state index contributed by atoms with van der Waals surface area (Å²) in [6, 6.07) is 3.06. The van der Waals surface area contributed by atoms with Gasteiger partial charge in [-0.1, -0.05) is 29.8 Å². The first-order valence-electron chi connectivity index (χ1n) is 7.30. The third-order valence-corrected chi connectivity index (χ3v) is 4.40. The topological polar surface area (TPSA) is 78.9 Å². The van der Waals surface area contributed by atoms with E-state index in [1.807, 2.05) is 0 Å². The van der Waals surface area contributed by atoms with Gasteiger partial charge >= 0.3 is 18.2 Å². The molecule has 138 valence electrons. The van der Waals surface area contributed by atoms with Crippen LogP contribution in [0.4, 0.5) is 18.0 Å². The number of amides is 2. The number of hydrogen-bond donors (Lipinski definition) is 2. The highest BCUT2D eigenvalue weighted by Gasteiger charge is 2.70. The summed E-state index contributed by atoms with van der Waals surface area (Å²) in [6.07, 6.45) is -5.31. The first-order chi connectivity index (χ1) is 11.6. The van der Waals surface area contributed by atoms with Crippen LogP contribution in [-0.2, 0) is 9.53 Å². The van der Waals surface area contributed by atoms with Crippen LogP contribution < -0.4 is 5.32 Å². The summed E-state index contributed by atoms with van der Waals surface area (Å²) < 4.78 is 45.8. The predicted molar refractivity (Wildman–Crippen MR) is 81.6 cm³/mol. The lowest BCUT2D eigenvalue weighted by Crippen LogP contribution is -2.73. The summed E-state index contributed by atoms with van der Waals surface area (Å²) in [5.41, 5.74) is -3.70. The van der Waals surface area contributed by atoms with Crippen molar-refractivity contribution in [2.45, 2.75) is 24.9 Å². The molecule has 6 nitrogen and oxygen atoms in total. The van der Waals surface area contributed by atoms with Gasteiger partial charge in [-0.3, -0.25) is 9.69 Å². The molecule has 1 aliphatic rings. The van der Waals surface area contributed by atoms with E-state index in [2.05, 4.69) is 5.32 Å². The second-order valence-electron chi connectivity index (χ2n) is 5.46. The molecule has 25 heavy (non-hydrogen) atoms. The molecule has 0 aliphatic carbocycles. The van der Waals surface area contributed by atoms with Crippen LogP contribution in [0.3, 0.4) is 0 Å². The number of alkyl halides is 3. The zero-order valence-electron chi connectivity index (χ0n) is 13.3. The predicted octanol–water partition coefficient (Wildman–Crippen LogP) is 2.47. The van der Waals surface area contributed by atoms with Crippen molar-refractivity contribution in [3.63, 3.8) is 0 Å². The van der Waals surface area contributed by atoms with Crippen molar-refractivity contribution in [2.24, 2.45) is 5.92 Å². The van der Waals surface area contributed by atoms with Gasteiger partial charge in [0.15, 0.2) is 0 Å². The van der Waals surface area contributed by atoms with Crippen LogP contribution in [0.25, 0.3) is 0 Å². The Kier molecular flexibility index (Phi) is 5.19. The highest BCUT2D eigenvalue weighted by Crippen LogP contribution is 2.47. The molecule has 1 saturated heterocycles. The van der Waals surface area contributed by atoms with Crippen molar-refractivity contribution in [1.82, 2.24) is 10.2 Å². The Morgan fingerprint density at radius 3 is 2.56 bits per heavy atom. The molecule has 0 unspecified atom stereocenters. The Balaban J connectivity index is 2.67. The van der Waals surface area contributed by atoms with Gasteiger partial charge < -0.3 is 15.2 Å². The molecule has 1 heterocycles. The zero-order valence-corrected chi connectivity index (χ0v) is 14.1. The Morgan fingerprint density at radius 2 is 2.04 bits per heavy atom. The van der Waals surface area contributed by atoms with Gasteiger partial charge in [-0.2, -0.15) is 13.2 Å². The van der Waals surface area contributed by atoms with Crippen LogP contribution in [-0.4, -0.2) is 47.6 Å². The molecule has 2 rings (SSSR count). The number of carbonyl (C=O) groups is 2. The number of carbonyl (C=O) groups excluding carboxylic acids is 2. The summed E-state index contributed by atoms with van der Waals surface area (Å²) in [5, 5.41) is 12.7. The molecule has 1 aromatic rings. The molecule has 2 amide bonds. The summed E-state index contributed by atoms with van der Waals surface area (Å²) in [7, 11) is 0.748. The fourth-order valence-electron chi connectivity index (χ4n) is 2.79. The monoisotopic (exact) mass is 380 g/mol. The molecule has 0 bridgehead atoms. The van der Waals surface area contributed by atoms with Gasteiger partial charge in [-0.15, -0.1) is 0 Å². The van der Waals surface area contributed by atoms with E-state index in [1.54, 1.807) is 0 Å². The lowest BCUT2D eigenvalue weighted by atomic mass is 9.81. The van der Waals surface area contributed by atoms with E-state index >= 15 is 0 Å². The van der Waals surface area contributed by atoms with E-state index in [0.717, 1.165) is 7.05 Å². The third kappa shape index (κ3) is 3.13. The van der Waals surface area contributed by atoms with Crippen LogP contribution in [0.5, 0.6) is 0 Å². The van der Waals surface area contributed by atoms with Gasteiger partial charge in [0.05, 0.1) is 12.6 Å². The second-order valence-corrected chi connectivity index (χ2v) is 5.87. The number of aliphatic hydroxyl groups is 1. The molecular formula is C15H16ClF3N2O4. The Bertz CT molecular complexity index is 685. The molecule has 0 saturated carbocycles. The van der Waals surface area contributed by atoms with E-state index in [4.69, 9.17) is 16.3 Å². The van der Waals surface area contributed by atoms with Crippen molar-refractivity contribution >= 4 is 23.6 Å². The highest BCUT2D eigenvalue weighted by molar-refractivity contribution is 6.31. The first-order valence-corrected chi connectivity index (χ1v) is 7.68. The van der Waals surface area contributed by atoms with E-state index < -0.39 is 35.9 Å². The minimum absolute atomic E-state index is 0.0381. The van der Waals surface area contributed by atoms with E-state index in [-0.39, 0.29) is 22.1 Å². The molecule has 0 radical (unpaired) electrons. The summed E-state index contributed by atoms with van der Waals surface area (Å²) >= 11 is 6.02. The molecule has 1 aromatic carbocycles. The zero-order chi connectivity index (χ0) is 19.0. The number of halogens is 4. The van der Waals surface area contributed by atoms with Crippen LogP contribution >= 0.6 is 11.6 Å². The third-order valence-electron chi connectivity index (χ3n) is 4.06. The van der Waals surface area contributed by atoms with E-state index in [0.29, 0.717) is 0 Å². The van der Waals surface area contributed by atoms with Crippen molar-refractivity contribution in [2.75, 3.05) is 13.7 Å². The number of benzene rings is 1. The number of rotatable bonds is 3. The maximum Gasteiger partial charge on any atom is 0.437 e. The Labute approximate surface area is 146 Å². The summed E-state index contributed by atoms with van der Waals surface area (Å²) in [6.45, 7) is 1.22. The first kappa shape index (κ1) is 19.3. The van der Waals surface area contributed by atoms with E-state index in [9.17, 15) is 27.9 Å². The molecule has 10 heteroatoms. The minimum Gasteiger partial charge on any atom is -0.466 e. The van der Waals surface area contributed by atoms with Crippen LogP contribution in [0, 0.1) is 5.92 Å². The average molecular weight is 381 g/mol. The Hall–Kier alpha value is -2.00. The van der Waals surface area contributed by atoms with Gasteiger partial charge in [0.25, 0.3) is 5.72 Å². The van der Waals surface area contributed by atoms with Crippen molar-refractivity contribution < 1.29 is 32.6 Å². The van der Waals surface area contributed by atoms with Crippen LogP contribution in [0.2, 0.25) is 5.02 Å². The van der Waals surface area contributed by atoms with Gasteiger partial charge in [0.2, 0.25) is 0 Å².